The van der Waals surface area contributed by atoms with Crippen LogP contribution in [0.1, 0.15) is 13.3 Å². The first-order valence-corrected chi connectivity index (χ1v) is 6.76. The molecule has 3 N–H and O–H groups in total. The number of halogens is 1. The third-order valence-corrected chi connectivity index (χ3v) is 3.69. The van der Waals surface area contributed by atoms with Crippen LogP contribution >= 0.6 is 15.9 Å². The molecule has 0 radical (unpaired) electrons. The molecule has 19 heavy (non-hydrogen) atoms. The van der Waals surface area contributed by atoms with Crippen molar-refractivity contribution in [2.75, 3.05) is 11.9 Å². The lowest BCUT2D eigenvalue weighted by Crippen LogP contribution is -2.60. The topological polar surface area (TPSA) is 103 Å². The first-order chi connectivity index (χ1) is 9.02. The van der Waals surface area contributed by atoms with E-state index < -0.39 is 4.92 Å². The smallest absolute Gasteiger partial charge is 0.288 e. The van der Waals surface area contributed by atoms with Crippen molar-refractivity contribution in [3.63, 3.8) is 0 Å². The highest BCUT2D eigenvalue weighted by atomic mass is 79.9. The number of pyridine rings is 1. The summed E-state index contributed by atoms with van der Waals surface area (Å²) >= 11 is 3.26. The molecule has 0 amide bonds. The Morgan fingerprint density at radius 3 is 3.00 bits per heavy atom. The van der Waals surface area contributed by atoms with E-state index in [9.17, 15) is 10.1 Å². The van der Waals surface area contributed by atoms with Gasteiger partial charge in [-0.3, -0.25) is 10.1 Å². The molecule has 0 bridgehead atoms. The molecule has 1 saturated carbocycles. The minimum atomic E-state index is -0.486. The highest BCUT2D eigenvalue weighted by Crippen LogP contribution is 2.30. The summed E-state index contributed by atoms with van der Waals surface area (Å²) in [6, 6.07) is 1.39. The number of nitrogens with zero attached hydrogens (tertiary/aromatic N) is 2. The third-order valence-electron chi connectivity index (χ3n) is 3.09. The Morgan fingerprint density at radius 1 is 1.74 bits per heavy atom. The van der Waals surface area contributed by atoms with Crippen LogP contribution in [0, 0.1) is 10.1 Å². The number of ether oxygens (including phenoxy) is 1. The standard InChI is InChI=1S/C11H15BrN4O3/c1-2-19-9-4-8(13)10(9)15-11-7(12)3-6(5-14-11)16(17)18/h3,5,8-10H,2,4,13H2,1H3,(H,14,15). The minimum Gasteiger partial charge on any atom is -0.376 e. The fraction of sp³-hybridized carbons (Fsp3) is 0.545. The van der Waals surface area contributed by atoms with Crippen LogP contribution in [-0.4, -0.2) is 34.7 Å². The first-order valence-electron chi connectivity index (χ1n) is 5.96. The van der Waals surface area contributed by atoms with E-state index in [-0.39, 0.29) is 23.9 Å². The quantitative estimate of drug-likeness (QED) is 0.628. The summed E-state index contributed by atoms with van der Waals surface area (Å²) in [4.78, 5) is 14.2. The van der Waals surface area contributed by atoms with Crippen LogP contribution in [0.4, 0.5) is 11.5 Å². The van der Waals surface area contributed by atoms with Crippen molar-refractivity contribution >= 4 is 27.4 Å². The zero-order valence-corrected chi connectivity index (χ0v) is 12.0. The molecular formula is C11H15BrN4O3. The molecule has 1 heterocycles. The Hall–Kier alpha value is -1.25. The van der Waals surface area contributed by atoms with Crippen molar-refractivity contribution in [1.29, 1.82) is 0 Å². The van der Waals surface area contributed by atoms with Crippen LogP contribution < -0.4 is 11.1 Å². The van der Waals surface area contributed by atoms with Crippen LogP contribution in [0.15, 0.2) is 16.7 Å². The third kappa shape index (κ3) is 3.02. The molecule has 8 heteroatoms. The lowest BCUT2D eigenvalue weighted by Gasteiger charge is -2.42. The fourth-order valence-electron chi connectivity index (χ4n) is 2.02. The molecule has 7 nitrogen and oxygen atoms in total. The van der Waals surface area contributed by atoms with Crippen molar-refractivity contribution in [1.82, 2.24) is 4.98 Å². The van der Waals surface area contributed by atoms with E-state index in [4.69, 9.17) is 10.5 Å². The predicted molar refractivity (Wildman–Crippen MR) is 74.0 cm³/mol. The molecule has 3 unspecified atom stereocenters. The van der Waals surface area contributed by atoms with Gasteiger partial charge in [0.2, 0.25) is 0 Å². The van der Waals surface area contributed by atoms with Gasteiger partial charge in [0.1, 0.15) is 12.0 Å². The summed E-state index contributed by atoms with van der Waals surface area (Å²) in [5, 5.41) is 13.8. The maximum atomic E-state index is 10.6. The summed E-state index contributed by atoms with van der Waals surface area (Å²) in [6.07, 6.45) is 2.08. The van der Waals surface area contributed by atoms with Crippen molar-refractivity contribution < 1.29 is 9.66 Å². The molecule has 0 aromatic carbocycles. The minimum absolute atomic E-state index is 0.000409. The van der Waals surface area contributed by atoms with Gasteiger partial charge in [0.05, 0.1) is 21.5 Å². The Bertz CT molecular complexity index is 483. The average molecular weight is 331 g/mol. The Kier molecular flexibility index (Phi) is 4.33. The van der Waals surface area contributed by atoms with E-state index in [0.717, 1.165) is 6.42 Å². The van der Waals surface area contributed by atoms with Gasteiger partial charge in [0.15, 0.2) is 0 Å². The van der Waals surface area contributed by atoms with Crippen LogP contribution in [0.3, 0.4) is 0 Å². The van der Waals surface area contributed by atoms with Crippen LogP contribution in [0.5, 0.6) is 0 Å². The van der Waals surface area contributed by atoms with E-state index >= 15 is 0 Å². The van der Waals surface area contributed by atoms with Crippen LogP contribution in [-0.2, 0) is 4.74 Å². The monoisotopic (exact) mass is 330 g/mol. The highest BCUT2D eigenvalue weighted by molar-refractivity contribution is 9.10. The number of rotatable bonds is 5. The van der Waals surface area contributed by atoms with Gasteiger partial charge >= 0.3 is 0 Å². The second-order valence-corrected chi connectivity index (χ2v) is 5.20. The Labute approximate surface area is 118 Å². The first kappa shape index (κ1) is 14.2. The van der Waals surface area contributed by atoms with Gasteiger partial charge < -0.3 is 15.8 Å². The number of anilines is 1. The molecule has 1 aromatic heterocycles. The number of aromatic nitrogens is 1. The van der Waals surface area contributed by atoms with Gasteiger partial charge in [-0.15, -0.1) is 0 Å². The summed E-state index contributed by atoms with van der Waals surface area (Å²) in [5.74, 6) is 0.537. The largest absolute Gasteiger partial charge is 0.376 e. The summed E-state index contributed by atoms with van der Waals surface area (Å²) in [5.41, 5.74) is 5.87. The number of nitro groups is 1. The summed E-state index contributed by atoms with van der Waals surface area (Å²) in [7, 11) is 0. The zero-order valence-electron chi connectivity index (χ0n) is 10.4. The lowest BCUT2D eigenvalue weighted by molar-refractivity contribution is -0.385. The van der Waals surface area contributed by atoms with E-state index in [0.29, 0.717) is 16.9 Å². The summed E-state index contributed by atoms with van der Waals surface area (Å²) < 4.78 is 6.08. The maximum absolute atomic E-state index is 10.6. The second-order valence-electron chi connectivity index (χ2n) is 4.34. The number of nitrogens with two attached hydrogens (primary N) is 1. The van der Waals surface area contributed by atoms with Gasteiger partial charge in [0, 0.05) is 18.7 Å². The van der Waals surface area contributed by atoms with Gasteiger partial charge in [0.25, 0.3) is 5.69 Å². The second kappa shape index (κ2) is 5.81. The van der Waals surface area contributed by atoms with Gasteiger partial charge in [-0.25, -0.2) is 4.98 Å². The molecule has 2 rings (SSSR count). The van der Waals surface area contributed by atoms with Gasteiger partial charge in [-0.1, -0.05) is 0 Å². The average Bonchev–Trinajstić information content (AvgIpc) is 2.36. The predicted octanol–water partition coefficient (Wildman–Crippen LogP) is 1.67. The van der Waals surface area contributed by atoms with Crippen molar-refractivity contribution in [2.24, 2.45) is 5.73 Å². The molecule has 104 valence electrons. The molecule has 3 atom stereocenters. The van der Waals surface area contributed by atoms with Gasteiger partial charge in [-0.05, 0) is 29.3 Å². The maximum Gasteiger partial charge on any atom is 0.288 e. The number of hydrogen-bond acceptors (Lipinski definition) is 6. The van der Waals surface area contributed by atoms with Crippen molar-refractivity contribution in [3.8, 4) is 0 Å². The summed E-state index contributed by atoms with van der Waals surface area (Å²) in [6.45, 7) is 2.56. The van der Waals surface area contributed by atoms with E-state index in [2.05, 4.69) is 26.2 Å². The van der Waals surface area contributed by atoms with E-state index in [1.165, 1.54) is 12.3 Å². The Balaban J connectivity index is 2.08. The molecule has 1 aromatic rings. The molecule has 0 saturated heterocycles. The molecule has 1 aliphatic carbocycles. The molecule has 1 fully saturated rings. The molecule has 0 spiro atoms. The van der Waals surface area contributed by atoms with Crippen LogP contribution in [0.25, 0.3) is 0 Å². The Morgan fingerprint density at radius 2 is 2.47 bits per heavy atom. The zero-order chi connectivity index (χ0) is 14.0. The van der Waals surface area contributed by atoms with E-state index in [1.807, 2.05) is 6.92 Å². The molecule has 0 aliphatic heterocycles. The van der Waals surface area contributed by atoms with Gasteiger partial charge in [-0.2, -0.15) is 0 Å². The number of hydrogen-bond donors (Lipinski definition) is 2. The van der Waals surface area contributed by atoms with Crippen LogP contribution in [0.2, 0.25) is 0 Å². The highest BCUT2D eigenvalue weighted by Gasteiger charge is 2.39. The lowest BCUT2D eigenvalue weighted by atomic mass is 9.83. The fourth-order valence-corrected chi connectivity index (χ4v) is 2.47. The van der Waals surface area contributed by atoms with E-state index in [1.54, 1.807) is 0 Å². The van der Waals surface area contributed by atoms with Crippen molar-refractivity contribution in [2.45, 2.75) is 31.5 Å². The molecular weight excluding hydrogens is 316 g/mol. The van der Waals surface area contributed by atoms with Crippen molar-refractivity contribution in [3.05, 3.63) is 26.9 Å². The number of nitrogens with one attached hydrogen (secondary N) is 1. The molecule has 1 aliphatic rings. The normalized spacial score (nSPS) is 25.7. The SMILES string of the molecule is CCOC1CC(N)C1Nc1ncc([N+](=O)[O-])cc1Br.